The van der Waals surface area contributed by atoms with Crippen molar-refractivity contribution in [1.82, 2.24) is 0 Å². The number of ether oxygens (including phenoxy) is 1. The molecule has 2 atom stereocenters. The number of aliphatic hydroxyl groups excluding tert-OH is 1. The lowest BCUT2D eigenvalue weighted by molar-refractivity contribution is -0.238. The maximum Gasteiger partial charge on any atom is 0.160 e. The molecule has 2 nitrogen and oxygen atoms in total. The zero-order valence-electron chi connectivity index (χ0n) is 11.5. The lowest BCUT2D eigenvalue weighted by Gasteiger charge is -2.44. The van der Waals surface area contributed by atoms with Crippen molar-refractivity contribution in [2.45, 2.75) is 66.3 Å². The van der Waals surface area contributed by atoms with Crippen molar-refractivity contribution in [1.29, 1.82) is 0 Å². The Hall–Kier alpha value is -0.340. The van der Waals surface area contributed by atoms with Crippen LogP contribution in [0.25, 0.3) is 0 Å². The van der Waals surface area contributed by atoms with Crippen LogP contribution in [-0.2, 0) is 4.74 Å². The molecule has 94 valence electrons. The molecule has 0 radical (unpaired) electrons. The van der Waals surface area contributed by atoms with Gasteiger partial charge in [-0.05, 0) is 18.3 Å². The molecule has 1 N–H and O–H groups in total. The predicted molar refractivity (Wildman–Crippen MR) is 67.1 cm³/mol. The van der Waals surface area contributed by atoms with E-state index < -0.39 is 6.29 Å². The van der Waals surface area contributed by atoms with Gasteiger partial charge in [-0.15, -0.1) is 0 Å². The summed E-state index contributed by atoms with van der Waals surface area (Å²) < 4.78 is 6.00. The summed E-state index contributed by atoms with van der Waals surface area (Å²) in [6.45, 7) is 12.5. The van der Waals surface area contributed by atoms with Gasteiger partial charge in [0.1, 0.15) is 0 Å². The van der Waals surface area contributed by atoms with Crippen molar-refractivity contribution in [3.05, 3.63) is 12.2 Å². The van der Waals surface area contributed by atoms with Crippen LogP contribution in [0.1, 0.15) is 54.4 Å². The Balaban J connectivity index is 2.86. The summed E-state index contributed by atoms with van der Waals surface area (Å²) in [4.78, 5) is 0. The second-order valence-corrected chi connectivity index (χ2v) is 6.92. The highest BCUT2D eigenvalue weighted by Crippen LogP contribution is 2.44. The van der Waals surface area contributed by atoms with Gasteiger partial charge in [-0.1, -0.05) is 53.7 Å². The first-order chi connectivity index (χ1) is 7.08. The number of aliphatic hydroxyl groups is 1. The Morgan fingerprint density at radius 1 is 1.19 bits per heavy atom. The van der Waals surface area contributed by atoms with Gasteiger partial charge in [0.05, 0.1) is 5.60 Å². The lowest BCUT2D eigenvalue weighted by atomic mass is 9.75. The largest absolute Gasteiger partial charge is 0.367 e. The summed E-state index contributed by atoms with van der Waals surface area (Å²) in [6.07, 6.45) is 5.55. The second kappa shape index (κ2) is 4.15. The molecule has 0 aromatic carbocycles. The van der Waals surface area contributed by atoms with Gasteiger partial charge < -0.3 is 9.84 Å². The molecule has 0 aromatic rings. The maximum absolute atomic E-state index is 10.1. The van der Waals surface area contributed by atoms with Crippen molar-refractivity contribution in [3.63, 3.8) is 0 Å². The zero-order valence-corrected chi connectivity index (χ0v) is 11.5. The van der Waals surface area contributed by atoms with E-state index in [1.807, 2.05) is 20.8 Å². The molecule has 1 aliphatic rings. The minimum Gasteiger partial charge on any atom is -0.367 e. The van der Waals surface area contributed by atoms with Crippen LogP contribution in [0.2, 0.25) is 0 Å². The van der Waals surface area contributed by atoms with Crippen LogP contribution in [0.3, 0.4) is 0 Å². The Bertz CT molecular complexity index is 267. The molecule has 0 heterocycles. The van der Waals surface area contributed by atoms with E-state index in [4.69, 9.17) is 4.74 Å². The highest BCUT2D eigenvalue weighted by atomic mass is 16.6. The van der Waals surface area contributed by atoms with Crippen molar-refractivity contribution in [2.75, 3.05) is 0 Å². The molecule has 0 aromatic heterocycles. The van der Waals surface area contributed by atoms with E-state index in [-0.39, 0.29) is 16.4 Å². The van der Waals surface area contributed by atoms with E-state index in [1.54, 1.807) is 0 Å². The van der Waals surface area contributed by atoms with E-state index in [9.17, 15) is 5.11 Å². The molecular weight excluding hydrogens is 200 g/mol. The summed E-state index contributed by atoms with van der Waals surface area (Å²) in [7, 11) is 0. The molecule has 2 heteroatoms. The van der Waals surface area contributed by atoms with Crippen LogP contribution in [0.15, 0.2) is 12.2 Å². The maximum atomic E-state index is 10.1. The van der Waals surface area contributed by atoms with Crippen molar-refractivity contribution in [3.8, 4) is 0 Å². The molecule has 0 aliphatic heterocycles. The molecule has 0 saturated carbocycles. The fourth-order valence-electron chi connectivity index (χ4n) is 1.93. The Kier molecular flexibility index (Phi) is 3.56. The van der Waals surface area contributed by atoms with Gasteiger partial charge in [0.2, 0.25) is 0 Å². The highest BCUT2D eigenvalue weighted by Gasteiger charge is 2.45. The van der Waals surface area contributed by atoms with E-state index in [2.05, 4.69) is 32.9 Å². The van der Waals surface area contributed by atoms with Gasteiger partial charge in [0, 0.05) is 5.41 Å². The lowest BCUT2D eigenvalue weighted by Crippen LogP contribution is -2.47. The summed E-state index contributed by atoms with van der Waals surface area (Å²) in [5, 5.41) is 10.1. The minimum atomic E-state index is -0.727. The SMILES string of the molecule is CC(C)(C)C(O)OC1(C(C)(C)C)C=CCC1. The van der Waals surface area contributed by atoms with Crippen LogP contribution in [-0.4, -0.2) is 17.0 Å². The van der Waals surface area contributed by atoms with Gasteiger partial charge >= 0.3 is 0 Å². The monoisotopic (exact) mass is 226 g/mol. The fraction of sp³-hybridized carbons (Fsp3) is 0.857. The number of allylic oxidation sites excluding steroid dienone is 1. The van der Waals surface area contributed by atoms with Crippen molar-refractivity contribution < 1.29 is 9.84 Å². The highest BCUT2D eigenvalue weighted by molar-refractivity contribution is 5.14. The Labute approximate surface area is 99.7 Å². The summed E-state index contributed by atoms with van der Waals surface area (Å²) in [5.74, 6) is 0. The molecule has 0 fully saturated rings. The molecule has 1 rings (SSSR count). The quantitative estimate of drug-likeness (QED) is 0.577. The van der Waals surface area contributed by atoms with Crippen LogP contribution < -0.4 is 0 Å². The van der Waals surface area contributed by atoms with E-state index >= 15 is 0 Å². The Morgan fingerprint density at radius 2 is 1.75 bits per heavy atom. The minimum absolute atomic E-state index is 0.00618. The molecule has 0 saturated heterocycles. The standard InChI is InChI=1S/C14H26O2/c1-12(2,3)11(15)16-14(13(4,5)6)9-7-8-10-14/h7,9,11,15H,8,10H2,1-6H3. The summed E-state index contributed by atoms with van der Waals surface area (Å²) in [6, 6.07) is 0. The zero-order chi connectivity index (χ0) is 12.6. The number of rotatable bonds is 2. The first-order valence-corrected chi connectivity index (χ1v) is 6.12. The van der Waals surface area contributed by atoms with Gasteiger partial charge in [-0.25, -0.2) is 0 Å². The molecular formula is C14H26O2. The third kappa shape index (κ3) is 2.67. The molecule has 0 spiro atoms. The van der Waals surface area contributed by atoms with Crippen LogP contribution in [0.4, 0.5) is 0 Å². The first kappa shape index (κ1) is 13.7. The van der Waals surface area contributed by atoms with Crippen molar-refractivity contribution >= 4 is 0 Å². The van der Waals surface area contributed by atoms with E-state index in [1.165, 1.54) is 0 Å². The van der Waals surface area contributed by atoms with Gasteiger partial charge in [-0.3, -0.25) is 0 Å². The molecule has 16 heavy (non-hydrogen) atoms. The molecule has 1 aliphatic carbocycles. The first-order valence-electron chi connectivity index (χ1n) is 6.12. The third-order valence-corrected chi connectivity index (χ3v) is 3.40. The van der Waals surface area contributed by atoms with E-state index in [0.29, 0.717) is 0 Å². The molecule has 2 unspecified atom stereocenters. The van der Waals surface area contributed by atoms with Crippen LogP contribution in [0.5, 0.6) is 0 Å². The van der Waals surface area contributed by atoms with Crippen LogP contribution in [0, 0.1) is 10.8 Å². The molecule has 0 bridgehead atoms. The van der Waals surface area contributed by atoms with E-state index in [0.717, 1.165) is 12.8 Å². The van der Waals surface area contributed by atoms with Crippen molar-refractivity contribution in [2.24, 2.45) is 10.8 Å². The van der Waals surface area contributed by atoms with Gasteiger partial charge in [0.15, 0.2) is 6.29 Å². The summed E-state index contributed by atoms with van der Waals surface area (Å²) in [5.41, 5.74) is -0.555. The topological polar surface area (TPSA) is 29.5 Å². The Morgan fingerprint density at radius 3 is 2.06 bits per heavy atom. The predicted octanol–water partition coefficient (Wildman–Crippen LogP) is 3.50. The van der Waals surface area contributed by atoms with Gasteiger partial charge in [-0.2, -0.15) is 0 Å². The normalized spacial score (nSPS) is 28.4. The summed E-state index contributed by atoms with van der Waals surface area (Å²) >= 11 is 0. The smallest absolute Gasteiger partial charge is 0.160 e. The average molecular weight is 226 g/mol. The number of hydrogen-bond donors (Lipinski definition) is 1. The second-order valence-electron chi connectivity index (χ2n) is 6.92. The number of hydrogen-bond acceptors (Lipinski definition) is 2. The third-order valence-electron chi connectivity index (χ3n) is 3.40. The fourth-order valence-corrected chi connectivity index (χ4v) is 1.93. The average Bonchev–Trinajstić information content (AvgIpc) is 2.50. The molecule has 0 amide bonds. The van der Waals surface area contributed by atoms with Gasteiger partial charge in [0.25, 0.3) is 0 Å². The van der Waals surface area contributed by atoms with Crippen LogP contribution >= 0.6 is 0 Å².